The van der Waals surface area contributed by atoms with Crippen LogP contribution >= 0.6 is 0 Å². The topological polar surface area (TPSA) is 124 Å². The summed E-state index contributed by atoms with van der Waals surface area (Å²) in [5.74, 6) is 0.572. The molecule has 142 valence electrons. The Morgan fingerprint density at radius 2 is 1.79 bits per heavy atom. The van der Waals surface area contributed by atoms with Crippen molar-refractivity contribution in [2.75, 3.05) is 5.32 Å². The normalized spacial score (nSPS) is 11.1. The summed E-state index contributed by atoms with van der Waals surface area (Å²) in [7, 11) is 0. The first-order valence-electron chi connectivity index (χ1n) is 8.48. The van der Waals surface area contributed by atoms with Crippen molar-refractivity contribution >= 4 is 17.5 Å². The number of hydrogen-bond acceptors (Lipinski definition) is 7. The largest absolute Gasteiger partial charge is 0.294 e. The highest BCUT2D eigenvalue weighted by Gasteiger charge is 2.31. The first-order valence-corrected chi connectivity index (χ1v) is 8.48. The number of hydrogen-bond donors (Lipinski definition) is 1. The van der Waals surface area contributed by atoms with Gasteiger partial charge in [0.25, 0.3) is 5.69 Å². The summed E-state index contributed by atoms with van der Waals surface area (Å²) in [5.41, 5.74) is 0.207. The fourth-order valence-electron chi connectivity index (χ4n) is 2.54. The van der Waals surface area contributed by atoms with Gasteiger partial charge in [0.15, 0.2) is 5.82 Å². The van der Waals surface area contributed by atoms with Crippen LogP contribution in [0, 0.1) is 17.0 Å². The fourth-order valence-corrected chi connectivity index (χ4v) is 2.54. The number of pyridine rings is 1. The molecule has 2 heterocycles. The summed E-state index contributed by atoms with van der Waals surface area (Å²) in [6, 6.07) is 11.2. The number of nitro groups is 1. The number of nitrogens with zero attached hydrogens (tertiary/aromatic N) is 5. The first kappa shape index (κ1) is 19.0. The molecule has 0 saturated heterocycles. The van der Waals surface area contributed by atoms with E-state index >= 15 is 0 Å². The van der Waals surface area contributed by atoms with Gasteiger partial charge in [-0.05, 0) is 38.5 Å². The van der Waals surface area contributed by atoms with E-state index in [1.165, 1.54) is 12.1 Å². The Bertz CT molecular complexity index is 1020. The highest BCUT2D eigenvalue weighted by molar-refractivity contribution is 5.97. The van der Waals surface area contributed by atoms with E-state index in [9.17, 15) is 14.9 Å². The molecule has 0 aliphatic rings. The summed E-state index contributed by atoms with van der Waals surface area (Å²) < 4.78 is 0. The Morgan fingerprint density at radius 1 is 1.07 bits per heavy atom. The summed E-state index contributed by atoms with van der Waals surface area (Å²) in [6.45, 7) is 5.14. The van der Waals surface area contributed by atoms with E-state index in [1.54, 1.807) is 51.2 Å². The molecule has 0 unspecified atom stereocenters. The number of nitrogens with one attached hydrogen (secondary N) is 1. The Hall–Kier alpha value is -3.75. The van der Waals surface area contributed by atoms with Gasteiger partial charge in [-0.2, -0.15) is 9.97 Å². The number of aromatic nitrogens is 4. The molecule has 9 nitrogen and oxygen atoms in total. The molecule has 2 aromatic heterocycles. The van der Waals surface area contributed by atoms with E-state index in [0.29, 0.717) is 22.9 Å². The van der Waals surface area contributed by atoms with Crippen LogP contribution in [0.15, 0.2) is 48.7 Å². The maximum atomic E-state index is 12.9. The van der Waals surface area contributed by atoms with Crippen molar-refractivity contribution < 1.29 is 9.72 Å². The van der Waals surface area contributed by atoms with Crippen molar-refractivity contribution in [3.63, 3.8) is 0 Å². The summed E-state index contributed by atoms with van der Waals surface area (Å²) in [6.07, 6.45) is 1.63. The van der Waals surface area contributed by atoms with Gasteiger partial charge < -0.3 is 0 Å². The van der Waals surface area contributed by atoms with Crippen LogP contribution in [0.3, 0.4) is 0 Å². The van der Waals surface area contributed by atoms with Crippen LogP contribution in [0.2, 0.25) is 0 Å². The van der Waals surface area contributed by atoms with Gasteiger partial charge in [-0.3, -0.25) is 25.2 Å². The second kappa shape index (κ2) is 7.47. The van der Waals surface area contributed by atoms with E-state index in [2.05, 4.69) is 25.3 Å². The SMILES string of the molecule is Cc1nc(NC(=O)C(C)(C)c2ccc([N+](=O)[O-])cc2)nc(-c2ccccn2)n1. The van der Waals surface area contributed by atoms with Crippen LogP contribution in [0.5, 0.6) is 0 Å². The lowest BCUT2D eigenvalue weighted by Crippen LogP contribution is -2.35. The van der Waals surface area contributed by atoms with Gasteiger partial charge in [-0.25, -0.2) is 4.98 Å². The molecule has 9 heteroatoms. The first-order chi connectivity index (χ1) is 13.3. The number of nitro benzene ring substituents is 1. The van der Waals surface area contributed by atoms with Gasteiger partial charge in [0.1, 0.15) is 11.5 Å². The number of rotatable bonds is 5. The molecule has 3 rings (SSSR count). The second-order valence-corrected chi connectivity index (χ2v) is 6.63. The van der Waals surface area contributed by atoms with Crippen molar-refractivity contribution in [1.82, 2.24) is 19.9 Å². The lowest BCUT2D eigenvalue weighted by Gasteiger charge is -2.23. The molecular formula is C19H18N6O3. The van der Waals surface area contributed by atoms with E-state index in [1.807, 2.05) is 6.07 Å². The van der Waals surface area contributed by atoms with Crippen molar-refractivity contribution in [2.45, 2.75) is 26.2 Å². The Labute approximate surface area is 161 Å². The molecule has 0 aliphatic carbocycles. The third-order valence-electron chi connectivity index (χ3n) is 4.23. The molecule has 0 spiro atoms. The molecule has 28 heavy (non-hydrogen) atoms. The third kappa shape index (κ3) is 3.98. The zero-order chi connectivity index (χ0) is 20.3. The number of carbonyl (C=O) groups excluding carboxylic acids is 1. The molecule has 0 aliphatic heterocycles. The highest BCUT2D eigenvalue weighted by atomic mass is 16.6. The number of non-ortho nitro benzene ring substituents is 1. The van der Waals surface area contributed by atoms with Crippen molar-refractivity contribution in [3.05, 3.63) is 70.2 Å². The molecule has 3 aromatic rings. The number of carbonyl (C=O) groups is 1. The van der Waals surface area contributed by atoms with Crippen molar-refractivity contribution in [1.29, 1.82) is 0 Å². The van der Waals surface area contributed by atoms with Gasteiger partial charge in [0.2, 0.25) is 11.9 Å². The van der Waals surface area contributed by atoms with Crippen LogP contribution in [-0.2, 0) is 10.2 Å². The van der Waals surface area contributed by atoms with Crippen LogP contribution in [0.25, 0.3) is 11.5 Å². The summed E-state index contributed by atoms with van der Waals surface area (Å²) in [5, 5.41) is 13.5. The molecule has 1 amide bonds. The number of anilines is 1. The second-order valence-electron chi connectivity index (χ2n) is 6.63. The average Bonchev–Trinajstić information content (AvgIpc) is 2.68. The number of benzene rings is 1. The lowest BCUT2D eigenvalue weighted by atomic mass is 9.83. The van der Waals surface area contributed by atoms with Gasteiger partial charge >= 0.3 is 0 Å². The van der Waals surface area contributed by atoms with Gasteiger partial charge in [-0.1, -0.05) is 18.2 Å². The molecule has 0 fully saturated rings. The van der Waals surface area contributed by atoms with E-state index in [4.69, 9.17) is 0 Å². The minimum atomic E-state index is -0.958. The lowest BCUT2D eigenvalue weighted by molar-refractivity contribution is -0.384. The quantitative estimate of drug-likeness (QED) is 0.534. The average molecular weight is 378 g/mol. The zero-order valence-electron chi connectivity index (χ0n) is 15.6. The molecule has 0 radical (unpaired) electrons. The molecule has 1 aromatic carbocycles. The van der Waals surface area contributed by atoms with Gasteiger partial charge in [0.05, 0.1) is 10.3 Å². The molecule has 1 N–H and O–H groups in total. The maximum Gasteiger partial charge on any atom is 0.269 e. The summed E-state index contributed by atoms with van der Waals surface area (Å²) >= 11 is 0. The highest BCUT2D eigenvalue weighted by Crippen LogP contribution is 2.26. The maximum absolute atomic E-state index is 12.9. The minimum absolute atomic E-state index is 0.0342. The molecular weight excluding hydrogens is 360 g/mol. The fraction of sp³-hybridized carbons (Fsp3) is 0.211. The predicted octanol–water partition coefficient (Wildman–Crippen LogP) is 3.07. The van der Waals surface area contributed by atoms with Crippen LogP contribution in [-0.4, -0.2) is 30.8 Å². The van der Waals surface area contributed by atoms with E-state index in [0.717, 1.165) is 0 Å². The molecule has 0 atom stereocenters. The van der Waals surface area contributed by atoms with Crippen molar-refractivity contribution in [3.8, 4) is 11.5 Å². The van der Waals surface area contributed by atoms with Crippen LogP contribution < -0.4 is 5.32 Å². The zero-order valence-corrected chi connectivity index (χ0v) is 15.6. The number of amides is 1. The monoisotopic (exact) mass is 378 g/mol. The Kier molecular flexibility index (Phi) is 5.08. The Morgan fingerprint density at radius 3 is 2.39 bits per heavy atom. The van der Waals surface area contributed by atoms with Gasteiger partial charge in [0, 0.05) is 18.3 Å². The predicted molar refractivity (Wildman–Crippen MR) is 103 cm³/mol. The standard InChI is InChI=1S/C19H18N6O3/c1-12-21-16(15-6-4-5-11-20-15)23-18(22-12)24-17(26)19(2,3)13-7-9-14(10-8-13)25(27)28/h4-11H,1-3H3,(H,21,22,23,24,26). The summed E-state index contributed by atoms with van der Waals surface area (Å²) in [4.78, 5) is 40.1. The van der Waals surface area contributed by atoms with E-state index in [-0.39, 0.29) is 17.5 Å². The molecule has 0 saturated carbocycles. The number of aryl methyl sites for hydroxylation is 1. The van der Waals surface area contributed by atoms with Crippen LogP contribution in [0.4, 0.5) is 11.6 Å². The van der Waals surface area contributed by atoms with Crippen LogP contribution in [0.1, 0.15) is 25.2 Å². The third-order valence-corrected chi connectivity index (χ3v) is 4.23. The smallest absolute Gasteiger partial charge is 0.269 e. The Balaban J connectivity index is 1.85. The van der Waals surface area contributed by atoms with E-state index < -0.39 is 10.3 Å². The minimum Gasteiger partial charge on any atom is -0.294 e. The van der Waals surface area contributed by atoms with Gasteiger partial charge in [-0.15, -0.1) is 0 Å². The van der Waals surface area contributed by atoms with Crippen molar-refractivity contribution in [2.24, 2.45) is 0 Å². The molecule has 0 bridgehead atoms.